The number of carbonyl (C=O) groups excluding carboxylic acids is 1. The Morgan fingerprint density at radius 2 is 1.94 bits per heavy atom. The van der Waals surface area contributed by atoms with E-state index in [1.165, 1.54) is 12.5 Å². The van der Waals surface area contributed by atoms with Gasteiger partial charge in [0.05, 0.1) is 0 Å². The summed E-state index contributed by atoms with van der Waals surface area (Å²) in [5, 5.41) is 0. The van der Waals surface area contributed by atoms with E-state index in [1.807, 2.05) is 6.92 Å². The molecule has 0 spiro atoms. The number of ether oxygens (including phenoxy) is 1. The van der Waals surface area contributed by atoms with E-state index in [9.17, 15) is 4.79 Å². The van der Waals surface area contributed by atoms with Gasteiger partial charge in [0, 0.05) is 6.92 Å². The van der Waals surface area contributed by atoms with E-state index in [4.69, 9.17) is 4.74 Å². The van der Waals surface area contributed by atoms with Gasteiger partial charge in [-0.1, -0.05) is 51.1 Å². The summed E-state index contributed by atoms with van der Waals surface area (Å²) in [6.45, 7) is 10.3. The lowest BCUT2D eigenvalue weighted by molar-refractivity contribution is -0.139. The third kappa shape index (κ3) is 4.74. The first-order valence-corrected chi connectivity index (χ1v) is 6.20. The van der Waals surface area contributed by atoms with Crippen molar-refractivity contribution in [2.45, 2.75) is 40.0 Å². The molecule has 18 heavy (non-hydrogen) atoms. The highest BCUT2D eigenvalue weighted by molar-refractivity contribution is 5.66. The average Bonchev–Trinajstić information content (AvgIpc) is 2.25. The van der Waals surface area contributed by atoms with Crippen LogP contribution in [0.5, 0.6) is 0 Å². The zero-order valence-electron chi connectivity index (χ0n) is 11.9. The van der Waals surface area contributed by atoms with E-state index in [2.05, 4.69) is 51.1 Å². The number of hydrogen-bond acceptors (Lipinski definition) is 2. The second-order valence-corrected chi connectivity index (χ2v) is 5.65. The number of esters is 1. The van der Waals surface area contributed by atoms with Crippen molar-refractivity contribution in [3.63, 3.8) is 0 Å². The monoisotopic (exact) mass is 246 g/mol. The van der Waals surface area contributed by atoms with E-state index >= 15 is 0 Å². The molecule has 0 heterocycles. The Hall–Kier alpha value is -1.57. The lowest BCUT2D eigenvalue weighted by Gasteiger charge is -2.19. The van der Waals surface area contributed by atoms with Crippen LogP contribution in [0.1, 0.15) is 45.7 Å². The number of carbonyl (C=O) groups is 1. The van der Waals surface area contributed by atoms with E-state index < -0.39 is 0 Å². The van der Waals surface area contributed by atoms with Gasteiger partial charge in [-0.2, -0.15) is 0 Å². The van der Waals surface area contributed by atoms with Gasteiger partial charge in [0.1, 0.15) is 6.61 Å². The molecule has 98 valence electrons. The second kappa shape index (κ2) is 5.85. The maximum Gasteiger partial charge on any atom is 0.302 e. The fraction of sp³-hybridized carbons (Fsp3) is 0.438. The summed E-state index contributed by atoms with van der Waals surface area (Å²) >= 11 is 0. The Bertz CT molecular complexity index is 450. The maximum atomic E-state index is 10.7. The van der Waals surface area contributed by atoms with E-state index in [1.54, 1.807) is 0 Å². The first-order valence-electron chi connectivity index (χ1n) is 6.20. The topological polar surface area (TPSA) is 26.3 Å². The molecule has 0 aliphatic heterocycles. The Kier molecular flexibility index (Phi) is 4.71. The Morgan fingerprint density at radius 1 is 1.28 bits per heavy atom. The van der Waals surface area contributed by atoms with Crippen molar-refractivity contribution in [1.82, 2.24) is 0 Å². The molecule has 0 saturated carbocycles. The molecule has 0 amide bonds. The van der Waals surface area contributed by atoms with Crippen LogP contribution in [0.25, 0.3) is 6.08 Å². The number of benzene rings is 1. The molecule has 0 aliphatic rings. The quantitative estimate of drug-likeness (QED) is 0.755. The molecule has 0 bridgehead atoms. The molecule has 0 atom stereocenters. The predicted octanol–water partition coefficient (Wildman–Crippen LogP) is 3.95. The van der Waals surface area contributed by atoms with Crippen molar-refractivity contribution in [3.05, 3.63) is 41.0 Å². The summed E-state index contributed by atoms with van der Waals surface area (Å²) in [4.78, 5) is 10.7. The molecule has 0 aromatic heterocycles. The molecule has 2 nitrogen and oxygen atoms in total. The minimum absolute atomic E-state index is 0.146. The van der Waals surface area contributed by atoms with Gasteiger partial charge in [0.15, 0.2) is 0 Å². The van der Waals surface area contributed by atoms with Crippen LogP contribution < -0.4 is 0 Å². The highest BCUT2D eigenvalue weighted by atomic mass is 16.5. The molecule has 0 aliphatic carbocycles. The third-order valence-corrected chi connectivity index (χ3v) is 2.67. The molecule has 1 aromatic carbocycles. The maximum absolute atomic E-state index is 10.7. The average molecular weight is 246 g/mol. The van der Waals surface area contributed by atoms with Gasteiger partial charge in [-0.25, -0.2) is 0 Å². The molecular formula is C16H22O2. The fourth-order valence-corrected chi connectivity index (χ4v) is 1.64. The molecule has 0 unspecified atom stereocenters. The van der Waals surface area contributed by atoms with Crippen molar-refractivity contribution in [2.75, 3.05) is 6.61 Å². The van der Waals surface area contributed by atoms with E-state index in [0.29, 0.717) is 6.61 Å². The van der Waals surface area contributed by atoms with Crippen LogP contribution in [0, 0.1) is 0 Å². The van der Waals surface area contributed by atoms with Crippen molar-refractivity contribution in [3.8, 4) is 0 Å². The first kappa shape index (κ1) is 14.5. The summed E-state index contributed by atoms with van der Waals surface area (Å²) < 4.78 is 4.97. The van der Waals surface area contributed by atoms with Crippen LogP contribution >= 0.6 is 0 Å². The molecule has 0 N–H and O–H groups in total. The SMILES string of the molecule is CC(=O)OCC(C)=Cc1cccc(C(C)(C)C)c1. The van der Waals surface area contributed by atoms with Crippen LogP contribution in [0.2, 0.25) is 0 Å². The van der Waals surface area contributed by atoms with Crippen LogP contribution in [0.3, 0.4) is 0 Å². The van der Waals surface area contributed by atoms with Crippen LogP contribution in [0.15, 0.2) is 29.8 Å². The van der Waals surface area contributed by atoms with Crippen molar-refractivity contribution in [1.29, 1.82) is 0 Å². The zero-order valence-corrected chi connectivity index (χ0v) is 11.9. The van der Waals surface area contributed by atoms with Crippen LogP contribution in [-0.4, -0.2) is 12.6 Å². The summed E-state index contributed by atoms with van der Waals surface area (Å²) in [6, 6.07) is 8.44. The van der Waals surface area contributed by atoms with Crippen molar-refractivity contribution < 1.29 is 9.53 Å². The highest BCUT2D eigenvalue weighted by Gasteiger charge is 2.13. The summed E-state index contributed by atoms with van der Waals surface area (Å²) in [5.41, 5.74) is 3.63. The van der Waals surface area contributed by atoms with Gasteiger partial charge in [-0.15, -0.1) is 0 Å². The molecular weight excluding hydrogens is 224 g/mol. The standard InChI is InChI=1S/C16H22O2/c1-12(11-18-13(2)17)9-14-7-6-8-15(10-14)16(3,4)5/h6-10H,11H2,1-5H3. The molecule has 1 aromatic rings. The number of rotatable bonds is 3. The second-order valence-electron chi connectivity index (χ2n) is 5.65. The first-order chi connectivity index (χ1) is 8.29. The minimum atomic E-state index is -0.244. The largest absolute Gasteiger partial charge is 0.461 e. The van der Waals surface area contributed by atoms with Gasteiger partial charge < -0.3 is 4.74 Å². The molecule has 0 saturated heterocycles. The Labute approximate surface area is 110 Å². The summed E-state index contributed by atoms with van der Waals surface area (Å²) in [7, 11) is 0. The van der Waals surface area contributed by atoms with Crippen LogP contribution in [-0.2, 0) is 14.9 Å². The summed E-state index contributed by atoms with van der Waals surface area (Å²) in [5.74, 6) is -0.244. The normalized spacial score (nSPS) is 12.4. The van der Waals surface area contributed by atoms with Crippen LogP contribution in [0.4, 0.5) is 0 Å². The van der Waals surface area contributed by atoms with E-state index in [-0.39, 0.29) is 11.4 Å². The zero-order chi connectivity index (χ0) is 13.8. The molecule has 1 rings (SSSR count). The highest BCUT2D eigenvalue weighted by Crippen LogP contribution is 2.23. The molecule has 0 radical (unpaired) electrons. The molecule has 2 heteroatoms. The summed E-state index contributed by atoms with van der Waals surface area (Å²) in [6.07, 6.45) is 2.05. The van der Waals surface area contributed by atoms with E-state index in [0.717, 1.165) is 11.1 Å². The third-order valence-electron chi connectivity index (χ3n) is 2.67. The van der Waals surface area contributed by atoms with Gasteiger partial charge in [-0.3, -0.25) is 4.79 Å². The van der Waals surface area contributed by atoms with Crippen molar-refractivity contribution >= 4 is 12.0 Å². The number of hydrogen-bond donors (Lipinski definition) is 0. The fourth-order valence-electron chi connectivity index (χ4n) is 1.64. The van der Waals surface area contributed by atoms with Gasteiger partial charge >= 0.3 is 5.97 Å². The lowest BCUT2D eigenvalue weighted by atomic mass is 9.86. The van der Waals surface area contributed by atoms with Gasteiger partial charge in [0.25, 0.3) is 0 Å². The smallest absolute Gasteiger partial charge is 0.302 e. The Balaban J connectivity index is 2.84. The lowest BCUT2D eigenvalue weighted by Crippen LogP contribution is -2.10. The predicted molar refractivity (Wildman–Crippen MR) is 75.4 cm³/mol. The minimum Gasteiger partial charge on any atom is -0.461 e. The molecule has 0 fully saturated rings. The van der Waals surface area contributed by atoms with Gasteiger partial charge in [0.2, 0.25) is 0 Å². The van der Waals surface area contributed by atoms with Crippen molar-refractivity contribution in [2.24, 2.45) is 0 Å². The van der Waals surface area contributed by atoms with Gasteiger partial charge in [-0.05, 0) is 29.0 Å². The Morgan fingerprint density at radius 3 is 2.50 bits per heavy atom.